The Morgan fingerprint density at radius 1 is 1.42 bits per heavy atom. The number of guanidine groups is 1. The Bertz CT molecular complexity index is 414. The van der Waals surface area contributed by atoms with Crippen molar-refractivity contribution in [2.45, 2.75) is 51.6 Å². The van der Waals surface area contributed by atoms with Crippen LogP contribution in [0.4, 0.5) is 0 Å². The zero-order chi connectivity index (χ0) is 13.0. The molecule has 0 amide bonds. The molecule has 0 unspecified atom stereocenters. The summed E-state index contributed by atoms with van der Waals surface area (Å²) in [7, 11) is 1.80. The number of hydrogen-bond donors (Lipinski definition) is 2. The highest BCUT2D eigenvalue weighted by molar-refractivity contribution is 14.0. The topological polar surface area (TPSA) is 62.2 Å². The monoisotopic (exact) mass is 395 g/mol. The molecule has 19 heavy (non-hydrogen) atoms. The van der Waals surface area contributed by atoms with Gasteiger partial charge in [-0.15, -0.1) is 34.2 Å². The number of nitrogens with zero attached hydrogens (tertiary/aromatic N) is 3. The van der Waals surface area contributed by atoms with Gasteiger partial charge in [0.1, 0.15) is 10.0 Å². The number of aliphatic imine (C=N–C) groups is 1. The number of hydrogen-bond acceptors (Lipinski definition) is 4. The third kappa shape index (κ3) is 4.87. The van der Waals surface area contributed by atoms with E-state index in [1.807, 2.05) is 0 Å². The largest absolute Gasteiger partial charge is 0.354 e. The average molecular weight is 395 g/mol. The van der Waals surface area contributed by atoms with Gasteiger partial charge in [-0.2, -0.15) is 0 Å². The van der Waals surface area contributed by atoms with E-state index in [1.165, 1.54) is 19.3 Å². The molecule has 0 bridgehead atoms. The van der Waals surface area contributed by atoms with Crippen LogP contribution < -0.4 is 10.6 Å². The molecule has 1 aliphatic carbocycles. The summed E-state index contributed by atoms with van der Waals surface area (Å²) >= 11 is 1.66. The van der Waals surface area contributed by atoms with Gasteiger partial charge in [0.2, 0.25) is 0 Å². The lowest BCUT2D eigenvalue weighted by Gasteiger charge is -2.28. The van der Waals surface area contributed by atoms with Gasteiger partial charge in [0.05, 0.1) is 6.54 Å². The fourth-order valence-corrected chi connectivity index (χ4v) is 2.46. The van der Waals surface area contributed by atoms with E-state index in [0.29, 0.717) is 18.5 Å². The van der Waals surface area contributed by atoms with E-state index in [9.17, 15) is 0 Å². The Morgan fingerprint density at radius 3 is 2.63 bits per heavy atom. The lowest BCUT2D eigenvalue weighted by atomic mass is 9.93. The molecule has 0 aliphatic heterocycles. The molecule has 0 atom stereocenters. The molecule has 1 aromatic heterocycles. The van der Waals surface area contributed by atoms with Crippen molar-refractivity contribution >= 4 is 41.3 Å². The van der Waals surface area contributed by atoms with Crippen molar-refractivity contribution in [3.8, 4) is 0 Å². The summed E-state index contributed by atoms with van der Waals surface area (Å²) in [6, 6.07) is 0.594. The van der Waals surface area contributed by atoms with Crippen molar-refractivity contribution in [2.24, 2.45) is 4.99 Å². The van der Waals surface area contributed by atoms with Gasteiger partial charge in [0.25, 0.3) is 0 Å². The zero-order valence-electron chi connectivity index (χ0n) is 11.6. The van der Waals surface area contributed by atoms with Gasteiger partial charge < -0.3 is 10.6 Å². The normalized spacial score (nSPS) is 15.9. The van der Waals surface area contributed by atoms with Crippen molar-refractivity contribution in [3.63, 3.8) is 0 Å². The first-order chi connectivity index (χ1) is 8.69. The van der Waals surface area contributed by atoms with Crippen molar-refractivity contribution in [1.29, 1.82) is 0 Å². The molecule has 7 heteroatoms. The van der Waals surface area contributed by atoms with Crippen LogP contribution in [0.15, 0.2) is 4.99 Å². The van der Waals surface area contributed by atoms with Crippen LogP contribution in [0.2, 0.25) is 0 Å². The second-order valence-corrected chi connectivity index (χ2v) is 5.98. The van der Waals surface area contributed by atoms with Crippen LogP contribution in [0.3, 0.4) is 0 Å². The number of rotatable bonds is 4. The van der Waals surface area contributed by atoms with Crippen molar-refractivity contribution in [3.05, 3.63) is 10.0 Å². The minimum absolute atomic E-state index is 0. The van der Waals surface area contributed by atoms with Gasteiger partial charge >= 0.3 is 0 Å². The maximum Gasteiger partial charge on any atom is 0.191 e. The molecule has 0 radical (unpaired) electrons. The molecule has 5 nitrogen and oxygen atoms in total. The summed E-state index contributed by atoms with van der Waals surface area (Å²) in [5.74, 6) is 1.31. The van der Waals surface area contributed by atoms with Crippen LogP contribution in [0.5, 0.6) is 0 Å². The van der Waals surface area contributed by atoms with Crippen molar-refractivity contribution < 1.29 is 0 Å². The molecule has 108 valence electrons. The summed E-state index contributed by atoms with van der Waals surface area (Å²) in [4.78, 5) is 4.22. The molecular formula is C12H22IN5S. The fraction of sp³-hybridized carbons (Fsp3) is 0.750. The summed E-state index contributed by atoms with van der Waals surface area (Å²) in [5, 5.41) is 17.1. The van der Waals surface area contributed by atoms with E-state index in [0.717, 1.165) is 16.0 Å². The molecule has 1 aliphatic rings. The highest BCUT2D eigenvalue weighted by Gasteiger charge is 2.18. The van der Waals surface area contributed by atoms with Gasteiger partial charge in [-0.1, -0.05) is 25.2 Å². The summed E-state index contributed by atoms with van der Waals surface area (Å²) in [5.41, 5.74) is 0. The van der Waals surface area contributed by atoms with E-state index >= 15 is 0 Å². The quantitative estimate of drug-likeness (QED) is 0.467. The van der Waals surface area contributed by atoms with Gasteiger partial charge in [-0.3, -0.25) is 4.99 Å². The molecule has 1 saturated carbocycles. The first kappa shape index (κ1) is 16.6. The Morgan fingerprint density at radius 2 is 2.16 bits per heavy atom. The predicted molar refractivity (Wildman–Crippen MR) is 90.4 cm³/mol. The lowest BCUT2D eigenvalue weighted by molar-refractivity contribution is 0.380. The molecule has 2 N–H and O–H groups in total. The van der Waals surface area contributed by atoms with E-state index < -0.39 is 0 Å². The fourth-order valence-electron chi connectivity index (χ4n) is 1.67. The molecule has 0 aromatic carbocycles. The van der Waals surface area contributed by atoms with E-state index in [4.69, 9.17) is 0 Å². The van der Waals surface area contributed by atoms with E-state index in [-0.39, 0.29) is 24.0 Å². The van der Waals surface area contributed by atoms with Crippen molar-refractivity contribution in [2.75, 3.05) is 7.05 Å². The smallest absolute Gasteiger partial charge is 0.191 e. The highest BCUT2D eigenvalue weighted by atomic mass is 127. The Labute approximate surface area is 135 Å². The molecule has 1 aromatic rings. The van der Waals surface area contributed by atoms with E-state index in [1.54, 1.807) is 18.4 Å². The van der Waals surface area contributed by atoms with Gasteiger partial charge in [0, 0.05) is 19.0 Å². The maximum atomic E-state index is 4.22. The highest BCUT2D eigenvalue weighted by Crippen LogP contribution is 2.19. The predicted octanol–water partition coefficient (Wildman–Crippen LogP) is 2.50. The van der Waals surface area contributed by atoms with Crippen LogP contribution in [-0.4, -0.2) is 29.2 Å². The second-order valence-electron chi connectivity index (χ2n) is 4.89. The molecule has 2 rings (SSSR count). The third-order valence-corrected chi connectivity index (χ3v) is 4.28. The minimum Gasteiger partial charge on any atom is -0.354 e. The van der Waals surface area contributed by atoms with Crippen LogP contribution in [0.1, 0.15) is 49.0 Å². The summed E-state index contributed by atoms with van der Waals surface area (Å²) in [6.45, 7) is 4.96. The third-order valence-electron chi connectivity index (χ3n) is 3.05. The van der Waals surface area contributed by atoms with Crippen LogP contribution in [-0.2, 0) is 6.54 Å². The lowest BCUT2D eigenvalue weighted by Crippen LogP contribution is -2.45. The zero-order valence-corrected chi connectivity index (χ0v) is 14.8. The standard InChI is InChI=1S/C12H21N5S.HI/c1-8(2)11-17-16-10(18-11)7-14-12(13-3)15-9-5-4-6-9;/h8-9H,4-7H2,1-3H3,(H2,13,14,15);1H. The van der Waals surface area contributed by atoms with Crippen molar-refractivity contribution in [1.82, 2.24) is 20.8 Å². The average Bonchev–Trinajstić information content (AvgIpc) is 2.76. The summed E-state index contributed by atoms with van der Waals surface area (Å²) in [6.07, 6.45) is 3.82. The molecule has 1 fully saturated rings. The maximum absolute atomic E-state index is 4.22. The number of halogens is 1. The first-order valence-corrected chi connectivity index (χ1v) is 7.30. The Balaban J connectivity index is 0.00000180. The molecule has 0 spiro atoms. The van der Waals surface area contributed by atoms with Gasteiger partial charge in [0.15, 0.2) is 5.96 Å². The minimum atomic E-state index is 0. The Kier molecular flexibility index (Phi) is 6.98. The summed E-state index contributed by atoms with van der Waals surface area (Å²) < 4.78 is 0. The first-order valence-electron chi connectivity index (χ1n) is 6.48. The SMILES string of the molecule is CN=C(NCc1nnc(C(C)C)s1)NC1CCC1.I. The van der Waals surface area contributed by atoms with Crippen LogP contribution in [0, 0.1) is 0 Å². The molecule has 1 heterocycles. The second kappa shape index (κ2) is 7.98. The van der Waals surface area contributed by atoms with Crippen LogP contribution in [0.25, 0.3) is 0 Å². The number of aromatic nitrogens is 2. The molecular weight excluding hydrogens is 373 g/mol. The van der Waals surface area contributed by atoms with Crippen LogP contribution >= 0.6 is 35.3 Å². The van der Waals surface area contributed by atoms with E-state index in [2.05, 4.69) is 39.7 Å². The number of nitrogens with one attached hydrogen (secondary N) is 2. The van der Waals surface area contributed by atoms with Gasteiger partial charge in [-0.25, -0.2) is 0 Å². The molecule has 0 saturated heterocycles. The van der Waals surface area contributed by atoms with Gasteiger partial charge in [-0.05, 0) is 19.3 Å². The Hall–Kier alpha value is -0.440.